The molecule has 10 atom stereocenters. The number of hydrogen-bond donors (Lipinski definition) is 5. The molecule has 0 bridgehead atoms. The summed E-state index contributed by atoms with van der Waals surface area (Å²) >= 11 is 0. The fraction of sp³-hybridized carbons (Fsp3) is 0.455. The molecule has 5 N–H and O–H groups in total. The lowest BCUT2D eigenvalue weighted by molar-refractivity contribution is -0.133. The van der Waals surface area contributed by atoms with E-state index in [1.54, 1.807) is 34.1 Å². The zero-order valence-electron chi connectivity index (χ0n) is 38.6. The van der Waals surface area contributed by atoms with Crippen LogP contribution in [0.15, 0.2) is 115 Å². The van der Waals surface area contributed by atoms with Crippen LogP contribution in [0.4, 0.5) is 0 Å². The molecule has 2 aliphatic heterocycles. The topological polar surface area (TPSA) is 177 Å². The highest BCUT2D eigenvalue weighted by molar-refractivity contribution is 6.00. The lowest BCUT2D eigenvalue weighted by Crippen LogP contribution is -2.43. The van der Waals surface area contributed by atoms with E-state index in [4.69, 9.17) is 5.11 Å². The minimum atomic E-state index is -0.734. The molecule has 68 heavy (non-hydrogen) atoms. The highest BCUT2D eigenvalue weighted by Crippen LogP contribution is 2.43. The Morgan fingerprint density at radius 3 is 1.10 bits per heavy atom. The summed E-state index contributed by atoms with van der Waals surface area (Å²) in [5.74, 6) is -3.92. The minimum absolute atomic E-state index is 0.0328. The van der Waals surface area contributed by atoms with Crippen molar-refractivity contribution in [1.29, 1.82) is 0 Å². The molecule has 356 valence electrons. The maximum Gasteiger partial charge on any atom is 0.253 e. The van der Waals surface area contributed by atoms with Crippen LogP contribution in [0.25, 0.3) is 0 Å². The van der Waals surface area contributed by atoms with E-state index in [9.17, 15) is 28.8 Å². The second-order valence-corrected chi connectivity index (χ2v) is 19.7. The van der Waals surface area contributed by atoms with Gasteiger partial charge in [-0.2, -0.15) is 0 Å². The van der Waals surface area contributed by atoms with Crippen LogP contribution in [0.2, 0.25) is 0 Å². The van der Waals surface area contributed by atoms with E-state index in [1.807, 2.05) is 54.6 Å². The Hall–Kier alpha value is -6.34. The number of amides is 6. The van der Waals surface area contributed by atoms with Crippen molar-refractivity contribution in [3.63, 3.8) is 0 Å². The SMILES string of the molecule is O=C(NCCCCCCCCO)[C@@H]1CN(C(=O)c2ccc(C(=O)N3C[C@@H](C(=O)N[C@H]4C[C@@H]4c4ccccc4)[C@H](C(=O)N[C@H]4C[C@@H]4c4ccccc4)C3)cc2)C[C@H]1C(=O)N[C@H]1C[C@@H]1c1ccccc1. The zero-order chi connectivity index (χ0) is 47.1. The third kappa shape index (κ3) is 11.2. The van der Waals surface area contributed by atoms with Gasteiger partial charge in [-0.25, -0.2) is 0 Å². The van der Waals surface area contributed by atoms with Crippen LogP contribution in [-0.4, -0.2) is 108 Å². The van der Waals surface area contributed by atoms with Crippen LogP contribution in [0, 0.1) is 23.7 Å². The predicted octanol–water partition coefficient (Wildman–Crippen LogP) is 5.53. The maximum absolute atomic E-state index is 14.2. The van der Waals surface area contributed by atoms with Gasteiger partial charge in [-0.15, -0.1) is 0 Å². The van der Waals surface area contributed by atoms with E-state index in [2.05, 4.69) is 57.7 Å². The average molecular weight is 921 g/mol. The molecule has 2 saturated heterocycles. The van der Waals surface area contributed by atoms with Crippen LogP contribution in [0.3, 0.4) is 0 Å². The van der Waals surface area contributed by atoms with E-state index in [-0.39, 0.29) is 104 Å². The summed E-state index contributed by atoms with van der Waals surface area (Å²) in [5.41, 5.74) is 4.12. The standard InChI is InChI=1S/C55H64N6O7/c62-27-15-4-2-1-3-14-26-56-50(63)43-31-60(32-44(43)51(64)57-47-28-40(47)35-16-8-5-9-17-35)54(67)38-22-24-39(25-23-38)55(68)61-33-45(52(65)58-48-29-41(48)36-18-10-6-11-19-36)46(34-61)53(66)59-49-30-42(49)37-20-12-7-13-21-37/h5-13,16-25,40-49,62H,1-4,14-15,26-34H2,(H,56,63)(H,57,64)(H,58,65)(H,59,66)/t40-,41-,42-,43-,44-,45-,46-,47+,48+,49+/m1/s1. The maximum atomic E-state index is 14.2. The van der Waals surface area contributed by atoms with Gasteiger partial charge in [0, 0.05) is 86.3 Å². The van der Waals surface area contributed by atoms with Gasteiger partial charge >= 0.3 is 0 Å². The van der Waals surface area contributed by atoms with Crippen molar-refractivity contribution in [1.82, 2.24) is 31.1 Å². The first-order valence-electron chi connectivity index (χ1n) is 24.8. The number of hydrogen-bond acceptors (Lipinski definition) is 7. The quantitative estimate of drug-likeness (QED) is 0.0725. The van der Waals surface area contributed by atoms with E-state index >= 15 is 0 Å². The van der Waals surface area contributed by atoms with Gasteiger partial charge in [-0.05, 0) is 73.1 Å². The second-order valence-electron chi connectivity index (χ2n) is 19.7. The highest BCUT2D eigenvalue weighted by Gasteiger charge is 2.50. The Balaban J connectivity index is 0.837. The van der Waals surface area contributed by atoms with Crippen molar-refractivity contribution >= 4 is 35.4 Å². The lowest BCUT2D eigenvalue weighted by atomic mass is 9.94. The van der Waals surface area contributed by atoms with Gasteiger partial charge in [0.05, 0.1) is 23.7 Å². The second kappa shape index (κ2) is 21.3. The Kier molecular flexibility index (Phi) is 14.7. The lowest BCUT2D eigenvalue weighted by Gasteiger charge is -2.18. The Morgan fingerprint density at radius 1 is 0.426 bits per heavy atom. The summed E-state index contributed by atoms with van der Waals surface area (Å²) in [6.45, 7) is 0.997. The molecule has 4 aromatic carbocycles. The molecule has 3 saturated carbocycles. The number of carbonyl (C=O) groups excluding carboxylic acids is 6. The molecule has 3 aliphatic carbocycles. The number of likely N-dealkylation sites (tertiary alicyclic amines) is 2. The van der Waals surface area contributed by atoms with Gasteiger partial charge < -0.3 is 36.2 Å². The van der Waals surface area contributed by atoms with Crippen LogP contribution in [0.5, 0.6) is 0 Å². The predicted molar refractivity (Wildman–Crippen MR) is 257 cm³/mol. The fourth-order valence-corrected chi connectivity index (χ4v) is 10.5. The number of aliphatic hydroxyl groups is 1. The Morgan fingerprint density at radius 2 is 0.750 bits per heavy atom. The molecular formula is C55H64N6O7. The van der Waals surface area contributed by atoms with E-state index in [0.717, 1.165) is 74.5 Å². The van der Waals surface area contributed by atoms with Crippen LogP contribution >= 0.6 is 0 Å². The van der Waals surface area contributed by atoms with Gasteiger partial charge in [0.1, 0.15) is 0 Å². The molecule has 4 aromatic rings. The summed E-state index contributed by atoms with van der Waals surface area (Å²) < 4.78 is 0. The Bertz CT molecular complexity index is 2340. The molecule has 0 radical (unpaired) electrons. The minimum Gasteiger partial charge on any atom is -0.396 e. The third-order valence-corrected chi connectivity index (χ3v) is 14.9. The summed E-state index contributed by atoms with van der Waals surface area (Å²) in [6.07, 6.45) is 8.01. The molecule has 0 unspecified atom stereocenters. The fourth-order valence-electron chi connectivity index (χ4n) is 10.5. The molecule has 0 spiro atoms. The number of benzene rings is 4. The van der Waals surface area contributed by atoms with Crippen molar-refractivity contribution in [3.05, 3.63) is 143 Å². The summed E-state index contributed by atoms with van der Waals surface area (Å²) in [5, 5.41) is 21.6. The first-order chi connectivity index (χ1) is 33.2. The zero-order valence-corrected chi connectivity index (χ0v) is 38.6. The molecule has 0 aromatic heterocycles. The van der Waals surface area contributed by atoms with E-state index in [0.29, 0.717) is 17.7 Å². The number of carbonyl (C=O) groups is 6. The Labute approximate surface area is 398 Å². The van der Waals surface area contributed by atoms with Gasteiger partial charge in [0.2, 0.25) is 23.6 Å². The van der Waals surface area contributed by atoms with Crippen molar-refractivity contribution < 1.29 is 33.9 Å². The molecular weight excluding hydrogens is 857 g/mol. The van der Waals surface area contributed by atoms with E-state index < -0.39 is 23.7 Å². The average Bonchev–Trinajstić information content (AvgIpc) is 4.34. The number of unbranched alkanes of at least 4 members (excludes halogenated alkanes) is 5. The van der Waals surface area contributed by atoms with Crippen LogP contribution in [0.1, 0.15) is 113 Å². The van der Waals surface area contributed by atoms with Crippen molar-refractivity contribution in [2.24, 2.45) is 23.7 Å². The smallest absolute Gasteiger partial charge is 0.253 e. The van der Waals surface area contributed by atoms with E-state index in [1.165, 1.54) is 0 Å². The van der Waals surface area contributed by atoms with Gasteiger partial charge in [-0.1, -0.05) is 117 Å². The van der Waals surface area contributed by atoms with Crippen molar-refractivity contribution in [2.45, 2.75) is 93.7 Å². The number of nitrogens with zero attached hydrogens (tertiary/aromatic N) is 2. The van der Waals surface area contributed by atoms with Crippen molar-refractivity contribution in [2.75, 3.05) is 39.3 Å². The summed E-state index contributed by atoms with van der Waals surface area (Å²) in [6, 6.07) is 36.4. The molecule has 2 heterocycles. The molecule has 5 fully saturated rings. The molecule has 5 aliphatic rings. The van der Waals surface area contributed by atoms with Crippen molar-refractivity contribution in [3.8, 4) is 0 Å². The first-order valence-corrected chi connectivity index (χ1v) is 24.8. The largest absolute Gasteiger partial charge is 0.396 e. The number of aliphatic hydroxyl groups excluding tert-OH is 1. The third-order valence-electron chi connectivity index (χ3n) is 14.9. The van der Waals surface area contributed by atoms with Gasteiger partial charge in [0.25, 0.3) is 11.8 Å². The van der Waals surface area contributed by atoms with Crippen LogP contribution < -0.4 is 21.3 Å². The summed E-state index contributed by atoms with van der Waals surface area (Å²) in [7, 11) is 0. The number of rotatable bonds is 20. The van der Waals surface area contributed by atoms with Gasteiger partial charge in [0.15, 0.2) is 0 Å². The van der Waals surface area contributed by atoms with Crippen LogP contribution in [-0.2, 0) is 19.2 Å². The van der Waals surface area contributed by atoms with Gasteiger partial charge in [-0.3, -0.25) is 28.8 Å². The summed E-state index contributed by atoms with van der Waals surface area (Å²) in [4.78, 5) is 87.0. The monoisotopic (exact) mass is 920 g/mol. The molecule has 6 amide bonds. The molecule has 9 rings (SSSR count). The molecule has 13 nitrogen and oxygen atoms in total. The highest BCUT2D eigenvalue weighted by atomic mass is 16.3. The molecule has 13 heteroatoms. The number of nitrogens with one attached hydrogen (secondary N) is 4. The normalized spacial score (nSPS) is 26.7. The first kappa shape index (κ1) is 46.8.